The molecule has 0 radical (unpaired) electrons. The van der Waals surface area contributed by atoms with Gasteiger partial charge in [0.25, 0.3) is 11.1 Å². The van der Waals surface area contributed by atoms with Gasteiger partial charge in [-0.15, -0.1) is 10.2 Å². The molecule has 150 valence electrons. The number of nitrogens with zero attached hydrogens (tertiary/aromatic N) is 3. The Kier molecular flexibility index (Phi) is 5.71. The van der Waals surface area contributed by atoms with Crippen molar-refractivity contribution in [2.75, 3.05) is 18.1 Å². The molecule has 1 amide bonds. The van der Waals surface area contributed by atoms with Gasteiger partial charge in [0, 0.05) is 12.2 Å². The van der Waals surface area contributed by atoms with Crippen LogP contribution in [0.2, 0.25) is 0 Å². The molecule has 0 aliphatic carbocycles. The lowest BCUT2D eigenvalue weighted by Gasteiger charge is -2.24. The summed E-state index contributed by atoms with van der Waals surface area (Å²) in [5, 5.41) is 8.09. The number of carbonyl (C=O) groups excluding carboxylic acids is 1. The molecule has 2 atom stereocenters. The third-order valence-corrected chi connectivity index (χ3v) is 5.40. The maximum atomic E-state index is 12.9. The summed E-state index contributed by atoms with van der Waals surface area (Å²) < 4.78 is 17.3. The fraction of sp³-hybridized carbons (Fsp3) is 0.286. The van der Waals surface area contributed by atoms with Gasteiger partial charge >= 0.3 is 0 Å². The van der Waals surface area contributed by atoms with Gasteiger partial charge in [-0.05, 0) is 38.1 Å². The predicted octanol–water partition coefficient (Wildman–Crippen LogP) is 4.12. The summed E-state index contributed by atoms with van der Waals surface area (Å²) in [5.41, 5.74) is 0.866. The first-order valence-electron chi connectivity index (χ1n) is 9.40. The highest BCUT2D eigenvalue weighted by Crippen LogP contribution is 2.36. The van der Waals surface area contributed by atoms with Gasteiger partial charge in [0.1, 0.15) is 6.61 Å². The molecule has 29 heavy (non-hydrogen) atoms. The highest BCUT2D eigenvalue weighted by atomic mass is 32.2. The molecule has 3 aromatic rings. The third-order valence-electron chi connectivity index (χ3n) is 4.48. The maximum Gasteiger partial charge on any atom is 0.277 e. The summed E-state index contributed by atoms with van der Waals surface area (Å²) in [6.45, 7) is 4.65. The number of ether oxygens (including phenoxy) is 2. The topological polar surface area (TPSA) is 77.7 Å². The second-order valence-corrected chi connectivity index (χ2v) is 7.74. The summed E-state index contributed by atoms with van der Waals surface area (Å²) in [4.78, 5) is 14.6. The number of rotatable bonds is 6. The molecule has 7 nitrogen and oxygen atoms in total. The van der Waals surface area contributed by atoms with E-state index in [0.29, 0.717) is 29.2 Å². The van der Waals surface area contributed by atoms with Crippen molar-refractivity contribution in [3.8, 4) is 11.5 Å². The van der Waals surface area contributed by atoms with E-state index >= 15 is 0 Å². The second-order valence-electron chi connectivity index (χ2n) is 6.45. The first-order valence-corrected chi connectivity index (χ1v) is 10.3. The third kappa shape index (κ3) is 4.22. The van der Waals surface area contributed by atoms with Crippen LogP contribution in [0.25, 0.3) is 0 Å². The van der Waals surface area contributed by atoms with Crippen molar-refractivity contribution in [1.29, 1.82) is 0 Å². The summed E-state index contributed by atoms with van der Waals surface area (Å²) in [6, 6.07) is 17.0. The van der Waals surface area contributed by atoms with E-state index in [1.54, 1.807) is 4.90 Å². The van der Waals surface area contributed by atoms with Gasteiger partial charge in [-0.25, -0.2) is 0 Å². The van der Waals surface area contributed by atoms with Crippen LogP contribution in [0.4, 0.5) is 5.69 Å². The predicted molar refractivity (Wildman–Crippen MR) is 109 cm³/mol. The first-order chi connectivity index (χ1) is 14.2. The number of benzene rings is 2. The average molecular weight is 411 g/mol. The second kappa shape index (κ2) is 8.57. The van der Waals surface area contributed by atoms with Gasteiger partial charge in [-0.3, -0.25) is 4.79 Å². The molecule has 0 unspecified atom stereocenters. The normalized spacial score (nSPS) is 16.3. The monoisotopic (exact) mass is 411 g/mol. The van der Waals surface area contributed by atoms with Crippen LogP contribution in [-0.4, -0.2) is 34.5 Å². The van der Waals surface area contributed by atoms with Crippen molar-refractivity contribution in [2.45, 2.75) is 30.4 Å². The number of hydrogen-bond donors (Lipinski definition) is 0. The molecular weight excluding hydrogens is 390 g/mol. The maximum absolute atomic E-state index is 12.9. The lowest BCUT2D eigenvalue weighted by Crippen LogP contribution is -2.36. The molecule has 0 spiro atoms. The number of para-hydroxylation sites is 3. The van der Waals surface area contributed by atoms with Gasteiger partial charge in [0.2, 0.25) is 12.0 Å². The Morgan fingerprint density at radius 2 is 1.86 bits per heavy atom. The SMILES string of the molecule is CCN(C(=O)[C@H](C)Sc1nnc([C@H]2COc3ccccc3O2)o1)c1ccccc1. The van der Waals surface area contributed by atoms with Gasteiger partial charge in [-0.1, -0.05) is 42.1 Å². The molecule has 1 aliphatic rings. The first kappa shape index (κ1) is 19.3. The van der Waals surface area contributed by atoms with Gasteiger partial charge in [-0.2, -0.15) is 0 Å². The zero-order chi connectivity index (χ0) is 20.2. The highest BCUT2D eigenvalue weighted by Gasteiger charge is 2.29. The van der Waals surface area contributed by atoms with Crippen molar-refractivity contribution in [3.63, 3.8) is 0 Å². The molecule has 4 rings (SSSR count). The molecule has 8 heteroatoms. The minimum absolute atomic E-state index is 0.0189. The number of carbonyl (C=O) groups is 1. The Morgan fingerprint density at radius 1 is 1.14 bits per heavy atom. The smallest absolute Gasteiger partial charge is 0.277 e. The van der Waals surface area contributed by atoms with E-state index in [4.69, 9.17) is 13.9 Å². The fourth-order valence-electron chi connectivity index (χ4n) is 3.03. The van der Waals surface area contributed by atoms with Crippen molar-refractivity contribution in [3.05, 3.63) is 60.5 Å². The Labute approximate surface area is 173 Å². The van der Waals surface area contributed by atoms with Crippen molar-refractivity contribution in [1.82, 2.24) is 10.2 Å². The molecule has 1 aliphatic heterocycles. The summed E-state index contributed by atoms with van der Waals surface area (Å²) >= 11 is 1.23. The summed E-state index contributed by atoms with van der Waals surface area (Å²) in [6.07, 6.45) is -0.478. The molecule has 2 aromatic carbocycles. The molecule has 0 fully saturated rings. The van der Waals surface area contributed by atoms with E-state index in [2.05, 4.69) is 10.2 Å². The van der Waals surface area contributed by atoms with E-state index in [9.17, 15) is 4.79 Å². The van der Waals surface area contributed by atoms with Crippen LogP contribution in [-0.2, 0) is 4.79 Å². The van der Waals surface area contributed by atoms with Gasteiger partial charge in [0.05, 0.1) is 5.25 Å². The Balaban J connectivity index is 1.42. The lowest BCUT2D eigenvalue weighted by atomic mass is 10.2. The number of thioether (sulfide) groups is 1. The van der Waals surface area contributed by atoms with Crippen LogP contribution < -0.4 is 14.4 Å². The average Bonchev–Trinajstić information content (AvgIpc) is 3.23. The van der Waals surface area contributed by atoms with E-state index in [-0.39, 0.29) is 17.8 Å². The highest BCUT2D eigenvalue weighted by molar-refractivity contribution is 8.00. The molecule has 2 heterocycles. The van der Waals surface area contributed by atoms with Crippen LogP contribution in [0.15, 0.2) is 64.2 Å². The van der Waals surface area contributed by atoms with Crippen LogP contribution in [0.1, 0.15) is 25.8 Å². The number of aromatic nitrogens is 2. The number of hydrogen-bond acceptors (Lipinski definition) is 7. The quantitative estimate of drug-likeness (QED) is 0.565. The van der Waals surface area contributed by atoms with E-state index in [0.717, 1.165) is 5.69 Å². The standard InChI is InChI=1S/C21H21N3O4S/c1-3-24(15-9-5-4-6-10-15)20(25)14(2)29-21-23-22-19(28-21)18-13-26-16-11-7-8-12-17(16)27-18/h4-12,14,18H,3,13H2,1-2H3/t14-,18+/m0/s1. The lowest BCUT2D eigenvalue weighted by molar-refractivity contribution is -0.117. The van der Waals surface area contributed by atoms with Crippen LogP contribution in [0.3, 0.4) is 0 Å². The zero-order valence-electron chi connectivity index (χ0n) is 16.1. The van der Waals surface area contributed by atoms with Crippen molar-refractivity contribution < 1.29 is 18.7 Å². The van der Waals surface area contributed by atoms with E-state index in [1.807, 2.05) is 68.4 Å². The molecule has 0 N–H and O–H groups in total. The minimum Gasteiger partial charge on any atom is -0.485 e. The molecule has 0 saturated heterocycles. The van der Waals surface area contributed by atoms with Crippen molar-refractivity contribution in [2.24, 2.45) is 0 Å². The minimum atomic E-state index is -0.478. The van der Waals surface area contributed by atoms with Gasteiger partial charge in [0.15, 0.2) is 11.5 Å². The largest absolute Gasteiger partial charge is 0.485 e. The van der Waals surface area contributed by atoms with E-state index in [1.165, 1.54) is 11.8 Å². The molecule has 0 bridgehead atoms. The summed E-state index contributed by atoms with van der Waals surface area (Å²) in [7, 11) is 0. The molecular formula is C21H21N3O4S. The Hall–Kier alpha value is -3.00. The Bertz CT molecular complexity index is 979. The van der Waals surface area contributed by atoms with Gasteiger partial charge < -0.3 is 18.8 Å². The van der Waals surface area contributed by atoms with E-state index < -0.39 is 6.10 Å². The number of anilines is 1. The van der Waals surface area contributed by atoms with Crippen LogP contribution in [0.5, 0.6) is 11.5 Å². The van der Waals surface area contributed by atoms with Crippen molar-refractivity contribution >= 4 is 23.4 Å². The number of amides is 1. The molecule has 1 aromatic heterocycles. The number of fused-ring (bicyclic) bond motifs is 1. The van der Waals surface area contributed by atoms with Crippen LogP contribution in [0, 0.1) is 0 Å². The van der Waals surface area contributed by atoms with Crippen LogP contribution >= 0.6 is 11.8 Å². The zero-order valence-corrected chi connectivity index (χ0v) is 17.0. The molecule has 0 saturated carbocycles. The fourth-order valence-corrected chi connectivity index (χ4v) is 3.79. The Morgan fingerprint density at radius 3 is 2.62 bits per heavy atom. The summed E-state index contributed by atoms with van der Waals surface area (Å²) in [5.74, 6) is 1.64.